The van der Waals surface area contributed by atoms with Crippen molar-refractivity contribution >= 4 is 0 Å². The molecule has 0 aliphatic carbocycles. The molecule has 1 aromatic heterocycles. The van der Waals surface area contributed by atoms with Gasteiger partial charge in [-0.25, -0.2) is 4.98 Å². The largest absolute Gasteiger partial charge is 0.481 e. The topological polar surface area (TPSA) is 48.1 Å². The average Bonchev–Trinajstić information content (AvgIpc) is 2.18. The van der Waals surface area contributed by atoms with Crippen molar-refractivity contribution in [2.45, 2.75) is 12.1 Å². The van der Waals surface area contributed by atoms with Crippen LogP contribution in [-0.4, -0.2) is 24.8 Å². The van der Waals surface area contributed by atoms with Gasteiger partial charge in [-0.15, -0.1) is 0 Å². The zero-order valence-electron chi connectivity index (χ0n) is 8.08. The van der Waals surface area contributed by atoms with E-state index in [1.807, 2.05) is 0 Å². The van der Waals surface area contributed by atoms with Gasteiger partial charge in [0.05, 0.1) is 13.0 Å². The second kappa shape index (κ2) is 4.48. The number of alkyl halides is 3. The van der Waals surface area contributed by atoms with Gasteiger partial charge in [0, 0.05) is 18.8 Å². The standard InChI is InChI=1S/C9H11F3N2O/c1-15-8-3-2-6(5-14-8)7(4-13)9(10,11)12/h2-3,5,7H,4,13H2,1H3. The summed E-state index contributed by atoms with van der Waals surface area (Å²) in [5, 5.41) is 0. The molecule has 0 spiro atoms. The second-order valence-electron chi connectivity index (χ2n) is 2.96. The molecule has 1 atom stereocenters. The maximum Gasteiger partial charge on any atom is 0.397 e. The van der Waals surface area contributed by atoms with Crippen LogP contribution in [0.2, 0.25) is 0 Å². The number of methoxy groups -OCH3 is 1. The predicted molar refractivity (Wildman–Crippen MR) is 48.6 cm³/mol. The Morgan fingerprint density at radius 2 is 2.13 bits per heavy atom. The van der Waals surface area contributed by atoms with E-state index in [9.17, 15) is 13.2 Å². The fraction of sp³-hybridized carbons (Fsp3) is 0.444. The van der Waals surface area contributed by atoms with Crippen molar-refractivity contribution in [2.75, 3.05) is 13.7 Å². The van der Waals surface area contributed by atoms with E-state index < -0.39 is 18.6 Å². The first kappa shape index (κ1) is 11.8. The highest BCUT2D eigenvalue weighted by Gasteiger charge is 2.39. The lowest BCUT2D eigenvalue weighted by molar-refractivity contribution is -0.148. The molecule has 1 aromatic rings. The molecule has 0 aliphatic heterocycles. The van der Waals surface area contributed by atoms with Crippen LogP contribution in [-0.2, 0) is 0 Å². The van der Waals surface area contributed by atoms with Crippen LogP contribution in [0.15, 0.2) is 18.3 Å². The molecule has 0 bridgehead atoms. The molecule has 0 amide bonds. The zero-order chi connectivity index (χ0) is 11.5. The summed E-state index contributed by atoms with van der Waals surface area (Å²) in [5.74, 6) is -1.40. The van der Waals surface area contributed by atoms with Crippen LogP contribution < -0.4 is 10.5 Å². The Morgan fingerprint density at radius 1 is 1.47 bits per heavy atom. The quantitative estimate of drug-likeness (QED) is 0.843. The van der Waals surface area contributed by atoms with Crippen molar-refractivity contribution < 1.29 is 17.9 Å². The summed E-state index contributed by atoms with van der Waals surface area (Å²) in [6, 6.07) is 2.70. The van der Waals surface area contributed by atoms with Gasteiger partial charge in [0.2, 0.25) is 5.88 Å². The first-order chi connectivity index (χ1) is 6.99. The third-order valence-corrected chi connectivity index (χ3v) is 2.00. The molecule has 1 rings (SSSR count). The highest BCUT2D eigenvalue weighted by Crippen LogP contribution is 2.33. The summed E-state index contributed by atoms with van der Waals surface area (Å²) < 4.78 is 42.1. The summed E-state index contributed by atoms with van der Waals surface area (Å²) >= 11 is 0. The minimum absolute atomic E-state index is 0.0470. The minimum Gasteiger partial charge on any atom is -0.481 e. The number of pyridine rings is 1. The molecule has 0 aromatic carbocycles. The lowest BCUT2D eigenvalue weighted by atomic mass is 10.0. The van der Waals surface area contributed by atoms with Crippen molar-refractivity contribution in [1.29, 1.82) is 0 Å². The van der Waals surface area contributed by atoms with Gasteiger partial charge in [0.15, 0.2) is 0 Å². The summed E-state index contributed by atoms with van der Waals surface area (Å²) in [5.41, 5.74) is 5.13. The molecular formula is C9H11F3N2O. The van der Waals surface area contributed by atoms with Crippen LogP contribution in [0.3, 0.4) is 0 Å². The van der Waals surface area contributed by atoms with E-state index in [-0.39, 0.29) is 11.4 Å². The van der Waals surface area contributed by atoms with Crippen molar-refractivity contribution in [1.82, 2.24) is 4.98 Å². The number of nitrogens with two attached hydrogens (primary N) is 1. The fourth-order valence-electron chi connectivity index (χ4n) is 1.18. The zero-order valence-corrected chi connectivity index (χ0v) is 8.08. The first-order valence-corrected chi connectivity index (χ1v) is 4.25. The van der Waals surface area contributed by atoms with Gasteiger partial charge in [-0.2, -0.15) is 13.2 Å². The highest BCUT2D eigenvalue weighted by molar-refractivity contribution is 5.22. The number of rotatable bonds is 3. The van der Waals surface area contributed by atoms with Gasteiger partial charge >= 0.3 is 6.18 Å². The van der Waals surface area contributed by atoms with Gasteiger partial charge in [0.25, 0.3) is 0 Å². The van der Waals surface area contributed by atoms with Gasteiger partial charge in [-0.1, -0.05) is 6.07 Å². The molecule has 15 heavy (non-hydrogen) atoms. The van der Waals surface area contributed by atoms with E-state index >= 15 is 0 Å². The Bertz CT molecular complexity index is 310. The Kier molecular flexibility index (Phi) is 3.52. The van der Waals surface area contributed by atoms with E-state index in [2.05, 4.69) is 4.98 Å². The predicted octanol–water partition coefficient (Wildman–Crippen LogP) is 1.69. The van der Waals surface area contributed by atoms with E-state index in [1.165, 1.54) is 19.2 Å². The van der Waals surface area contributed by atoms with Crippen molar-refractivity contribution in [2.24, 2.45) is 5.73 Å². The van der Waals surface area contributed by atoms with Gasteiger partial charge in [0.1, 0.15) is 0 Å². The molecule has 6 heteroatoms. The van der Waals surface area contributed by atoms with Crippen LogP contribution in [0.4, 0.5) is 13.2 Å². The van der Waals surface area contributed by atoms with Crippen LogP contribution in [0.5, 0.6) is 5.88 Å². The minimum atomic E-state index is -4.34. The SMILES string of the molecule is COc1ccc(C(CN)C(F)(F)F)cn1. The highest BCUT2D eigenvalue weighted by atomic mass is 19.4. The maximum absolute atomic E-state index is 12.4. The van der Waals surface area contributed by atoms with Crippen molar-refractivity contribution in [3.8, 4) is 5.88 Å². The fourth-order valence-corrected chi connectivity index (χ4v) is 1.18. The number of halogens is 3. The molecule has 0 saturated heterocycles. The van der Waals surface area contributed by atoms with Gasteiger partial charge in [-0.05, 0) is 5.56 Å². The molecule has 3 nitrogen and oxygen atoms in total. The van der Waals surface area contributed by atoms with Gasteiger partial charge < -0.3 is 10.5 Å². The Morgan fingerprint density at radius 3 is 2.47 bits per heavy atom. The molecule has 0 fully saturated rings. The molecule has 1 heterocycles. The Labute approximate surface area is 85.1 Å². The van der Waals surface area contributed by atoms with Crippen molar-refractivity contribution in [3.05, 3.63) is 23.9 Å². The molecule has 1 unspecified atom stereocenters. The van der Waals surface area contributed by atoms with Crippen LogP contribution >= 0.6 is 0 Å². The first-order valence-electron chi connectivity index (χ1n) is 4.25. The summed E-state index contributed by atoms with van der Waals surface area (Å²) in [4.78, 5) is 3.70. The van der Waals surface area contributed by atoms with Crippen molar-refractivity contribution in [3.63, 3.8) is 0 Å². The normalized spacial score (nSPS) is 13.7. The third kappa shape index (κ3) is 2.82. The van der Waals surface area contributed by atoms with Gasteiger partial charge in [-0.3, -0.25) is 0 Å². The summed E-state index contributed by atoms with van der Waals surface area (Å²) in [7, 11) is 1.40. The molecule has 0 aliphatic rings. The monoisotopic (exact) mass is 220 g/mol. The summed E-state index contributed by atoms with van der Waals surface area (Å²) in [6.45, 7) is -0.489. The molecule has 0 radical (unpaired) electrons. The number of hydrogen-bond donors (Lipinski definition) is 1. The van der Waals surface area contributed by atoms with E-state index in [4.69, 9.17) is 10.5 Å². The molecule has 84 valence electrons. The van der Waals surface area contributed by atoms with E-state index in [1.54, 1.807) is 0 Å². The molecule has 0 saturated carbocycles. The average molecular weight is 220 g/mol. The number of ether oxygens (including phenoxy) is 1. The summed E-state index contributed by atoms with van der Waals surface area (Å²) in [6.07, 6.45) is -3.21. The van der Waals surface area contributed by atoms with E-state index in [0.29, 0.717) is 0 Å². The maximum atomic E-state index is 12.4. The number of hydrogen-bond acceptors (Lipinski definition) is 3. The number of aromatic nitrogens is 1. The Balaban J connectivity index is 2.93. The third-order valence-electron chi connectivity index (χ3n) is 2.00. The second-order valence-corrected chi connectivity index (χ2v) is 2.96. The van der Waals surface area contributed by atoms with Crippen LogP contribution in [0.1, 0.15) is 11.5 Å². The van der Waals surface area contributed by atoms with Crippen LogP contribution in [0.25, 0.3) is 0 Å². The lowest BCUT2D eigenvalue weighted by Gasteiger charge is -2.18. The molecular weight excluding hydrogens is 209 g/mol. The number of nitrogens with zero attached hydrogens (tertiary/aromatic N) is 1. The Hall–Kier alpha value is -1.30. The molecule has 2 N–H and O–H groups in total. The van der Waals surface area contributed by atoms with E-state index in [0.717, 1.165) is 6.20 Å². The lowest BCUT2D eigenvalue weighted by Crippen LogP contribution is -2.28. The smallest absolute Gasteiger partial charge is 0.397 e. The van der Waals surface area contributed by atoms with Crippen LogP contribution in [0, 0.1) is 0 Å².